The Kier molecular flexibility index (Phi) is 6.72. The number of pyridine rings is 1. The summed E-state index contributed by atoms with van der Waals surface area (Å²) in [5.74, 6) is 0.830. The highest BCUT2D eigenvalue weighted by molar-refractivity contribution is 6.07. The van der Waals surface area contributed by atoms with Gasteiger partial charge in [0.2, 0.25) is 0 Å². The van der Waals surface area contributed by atoms with Crippen molar-refractivity contribution >= 4 is 29.2 Å². The first kappa shape index (κ1) is 23.8. The monoisotopic (exact) mass is 446 g/mol. The maximum atomic E-state index is 13.2. The molecule has 1 N–H and O–H groups in total. The predicted octanol–water partition coefficient (Wildman–Crippen LogP) is 4.92. The van der Waals surface area contributed by atoms with Gasteiger partial charge in [0.25, 0.3) is 11.5 Å². The van der Waals surface area contributed by atoms with Crippen LogP contribution < -0.4 is 15.6 Å². The number of aromatic nitrogens is 2. The fourth-order valence-electron chi connectivity index (χ4n) is 3.52. The predicted molar refractivity (Wildman–Crippen MR) is 134 cm³/mol. The molecule has 0 atom stereocenters. The summed E-state index contributed by atoms with van der Waals surface area (Å²) in [4.78, 5) is 29.6. The smallest absolute Gasteiger partial charge is 0.274 e. The molecule has 0 aliphatic heterocycles. The minimum atomic E-state index is -0.371. The molecule has 0 fully saturated rings. The van der Waals surface area contributed by atoms with Gasteiger partial charge in [-0.15, -0.1) is 0 Å². The van der Waals surface area contributed by atoms with E-state index in [4.69, 9.17) is 4.74 Å². The molecular weight excluding hydrogens is 416 g/mol. The van der Waals surface area contributed by atoms with E-state index in [0.29, 0.717) is 17.2 Å². The lowest BCUT2D eigenvalue weighted by Crippen LogP contribution is -2.27. The summed E-state index contributed by atoms with van der Waals surface area (Å²) in [7, 11) is 3.48. The number of ether oxygens (including phenoxy) is 1. The third-order valence-electron chi connectivity index (χ3n) is 5.41. The van der Waals surface area contributed by atoms with Crippen molar-refractivity contribution in [2.45, 2.75) is 33.1 Å². The number of para-hydroxylation sites is 1. The zero-order chi connectivity index (χ0) is 24.3. The van der Waals surface area contributed by atoms with E-state index in [0.717, 1.165) is 16.5 Å². The average Bonchev–Trinajstić information content (AvgIpc) is 3.10. The van der Waals surface area contributed by atoms with Gasteiger partial charge in [-0.1, -0.05) is 32.9 Å². The molecule has 2 aromatic heterocycles. The minimum Gasteiger partial charge on any atom is -0.455 e. The Labute approximate surface area is 193 Å². The third kappa shape index (κ3) is 4.98. The lowest BCUT2D eigenvalue weighted by atomic mass is 9.88. The van der Waals surface area contributed by atoms with Gasteiger partial charge in [0, 0.05) is 31.9 Å². The largest absolute Gasteiger partial charge is 0.455 e. The van der Waals surface area contributed by atoms with Crippen molar-refractivity contribution < 1.29 is 9.53 Å². The number of carbonyl (C=O) groups is 1. The van der Waals surface area contributed by atoms with Gasteiger partial charge in [0.05, 0.1) is 5.52 Å². The molecule has 0 unspecified atom stereocenters. The van der Waals surface area contributed by atoms with Gasteiger partial charge in [-0.2, -0.15) is 0 Å². The summed E-state index contributed by atoms with van der Waals surface area (Å²) in [5, 5.41) is 3.65. The SMILES string of the molecule is C=N/C=C\C(=C/C)Oc1cccc2cc(C(=O)Nc3cc(C(C)(C)C)cn(C)c3=O)n(C)c12. The maximum absolute atomic E-state index is 13.2. The van der Waals surface area contributed by atoms with Crippen LogP contribution in [0.1, 0.15) is 43.7 Å². The van der Waals surface area contributed by atoms with E-state index >= 15 is 0 Å². The number of carbonyl (C=O) groups excluding carboxylic acids is 1. The Balaban J connectivity index is 2.01. The molecule has 0 aliphatic rings. The summed E-state index contributed by atoms with van der Waals surface area (Å²) in [6, 6.07) is 9.15. The molecule has 7 nitrogen and oxygen atoms in total. The number of hydrogen-bond acceptors (Lipinski definition) is 4. The number of amides is 1. The molecule has 3 aromatic rings. The molecule has 33 heavy (non-hydrogen) atoms. The Morgan fingerprint density at radius 3 is 2.58 bits per heavy atom. The molecule has 172 valence electrons. The molecule has 2 heterocycles. The van der Waals surface area contributed by atoms with Crippen LogP contribution in [-0.4, -0.2) is 21.8 Å². The Bertz CT molecular complexity index is 1330. The summed E-state index contributed by atoms with van der Waals surface area (Å²) < 4.78 is 9.30. The summed E-state index contributed by atoms with van der Waals surface area (Å²) in [5.41, 5.74) is 1.94. The number of nitrogens with zero attached hydrogens (tertiary/aromatic N) is 3. The highest BCUT2D eigenvalue weighted by atomic mass is 16.5. The van der Waals surface area contributed by atoms with E-state index < -0.39 is 0 Å². The number of nitrogens with one attached hydrogen (secondary N) is 1. The quantitative estimate of drug-likeness (QED) is 0.332. The number of rotatable bonds is 6. The molecule has 0 spiro atoms. The third-order valence-corrected chi connectivity index (χ3v) is 5.41. The molecule has 0 radical (unpaired) electrons. The van der Waals surface area contributed by atoms with E-state index in [9.17, 15) is 9.59 Å². The summed E-state index contributed by atoms with van der Waals surface area (Å²) in [6.45, 7) is 11.5. The molecule has 0 saturated carbocycles. The number of allylic oxidation sites excluding steroid dienone is 2. The van der Waals surface area contributed by atoms with Gasteiger partial charge in [0.15, 0.2) is 5.75 Å². The Morgan fingerprint density at radius 1 is 1.21 bits per heavy atom. The second-order valence-electron chi connectivity index (χ2n) is 8.84. The van der Waals surface area contributed by atoms with Gasteiger partial charge in [-0.3, -0.25) is 14.6 Å². The topological polar surface area (TPSA) is 77.6 Å². The normalized spacial score (nSPS) is 12.4. The van der Waals surface area contributed by atoms with Gasteiger partial charge < -0.3 is 19.2 Å². The van der Waals surface area contributed by atoms with Gasteiger partial charge >= 0.3 is 0 Å². The molecule has 0 aliphatic carbocycles. The number of aliphatic imine (C=N–C) groups is 1. The first-order valence-electron chi connectivity index (χ1n) is 10.6. The number of anilines is 1. The van der Waals surface area contributed by atoms with Crippen LogP contribution >= 0.6 is 0 Å². The van der Waals surface area contributed by atoms with Crippen LogP contribution in [0.3, 0.4) is 0 Å². The van der Waals surface area contributed by atoms with Crippen LogP contribution in [0.15, 0.2) is 70.4 Å². The first-order valence-corrected chi connectivity index (χ1v) is 10.6. The standard InChI is InChI=1S/C26H30N4O3/c1-8-19(12-13-27-5)33-22-11-9-10-17-14-21(30(7)23(17)22)24(31)28-20-15-18(26(2,3)4)16-29(6)25(20)32/h8-16H,5H2,1-4,6-7H3,(H,28,31)/b13-12-,19-8+. The number of fused-ring (bicyclic) bond motifs is 1. The van der Waals surface area contributed by atoms with Crippen LogP contribution in [0, 0.1) is 0 Å². The fourth-order valence-corrected chi connectivity index (χ4v) is 3.52. The molecule has 3 rings (SSSR count). The molecule has 0 saturated heterocycles. The highest BCUT2D eigenvalue weighted by Crippen LogP contribution is 2.30. The fraction of sp³-hybridized carbons (Fsp3) is 0.269. The van der Waals surface area contributed by atoms with Crippen molar-refractivity contribution in [2.75, 3.05) is 5.32 Å². The maximum Gasteiger partial charge on any atom is 0.274 e. The molecule has 7 heteroatoms. The molecule has 0 bridgehead atoms. The highest BCUT2D eigenvalue weighted by Gasteiger charge is 2.20. The van der Waals surface area contributed by atoms with Crippen molar-refractivity contribution in [1.82, 2.24) is 9.13 Å². The van der Waals surface area contributed by atoms with Crippen LogP contribution in [0.4, 0.5) is 5.69 Å². The van der Waals surface area contributed by atoms with Crippen molar-refractivity contribution in [1.29, 1.82) is 0 Å². The van der Waals surface area contributed by atoms with Crippen LogP contribution in [0.5, 0.6) is 5.75 Å². The van der Waals surface area contributed by atoms with Gasteiger partial charge in [-0.25, -0.2) is 0 Å². The van der Waals surface area contributed by atoms with E-state index in [1.54, 1.807) is 49.3 Å². The molecular formula is C26H30N4O3. The minimum absolute atomic E-state index is 0.170. The van der Waals surface area contributed by atoms with Crippen LogP contribution in [-0.2, 0) is 19.5 Å². The zero-order valence-corrected chi connectivity index (χ0v) is 20.0. The molecule has 1 amide bonds. The van der Waals surface area contributed by atoms with Crippen molar-refractivity contribution in [3.63, 3.8) is 0 Å². The van der Waals surface area contributed by atoms with E-state index in [-0.39, 0.29) is 22.6 Å². The average molecular weight is 447 g/mol. The van der Waals surface area contributed by atoms with Gasteiger partial charge in [0.1, 0.15) is 17.1 Å². The Morgan fingerprint density at radius 2 is 1.94 bits per heavy atom. The van der Waals surface area contributed by atoms with E-state index in [1.165, 1.54) is 4.57 Å². The number of aryl methyl sites for hydroxylation is 2. The lowest BCUT2D eigenvalue weighted by molar-refractivity contribution is 0.101. The number of hydrogen-bond donors (Lipinski definition) is 1. The van der Waals surface area contributed by atoms with E-state index in [1.807, 2.05) is 31.2 Å². The van der Waals surface area contributed by atoms with E-state index in [2.05, 4.69) is 37.8 Å². The van der Waals surface area contributed by atoms with Crippen LogP contribution in [0.25, 0.3) is 10.9 Å². The van der Waals surface area contributed by atoms with Crippen molar-refractivity contribution in [3.8, 4) is 5.75 Å². The second kappa shape index (κ2) is 9.32. The zero-order valence-electron chi connectivity index (χ0n) is 20.0. The van der Waals surface area contributed by atoms with Crippen LogP contribution in [0.2, 0.25) is 0 Å². The summed E-state index contributed by atoms with van der Waals surface area (Å²) >= 11 is 0. The first-order chi connectivity index (χ1) is 15.6. The Hall–Kier alpha value is -3.87. The second-order valence-corrected chi connectivity index (χ2v) is 8.84. The number of benzene rings is 1. The van der Waals surface area contributed by atoms with Crippen molar-refractivity contribution in [3.05, 3.63) is 82.3 Å². The lowest BCUT2D eigenvalue weighted by Gasteiger charge is -2.21. The van der Waals surface area contributed by atoms with Crippen molar-refractivity contribution in [2.24, 2.45) is 19.1 Å². The summed E-state index contributed by atoms with van der Waals surface area (Å²) in [6.07, 6.45) is 6.87. The van der Waals surface area contributed by atoms with Gasteiger partial charge in [-0.05, 0) is 55.0 Å². The molecule has 1 aromatic carbocycles.